The number of nitrogens with zero attached hydrogens (tertiary/aromatic N) is 1. The Morgan fingerprint density at radius 3 is 2.84 bits per heavy atom. The predicted molar refractivity (Wildman–Crippen MR) is 94.7 cm³/mol. The van der Waals surface area contributed by atoms with Gasteiger partial charge in [-0.2, -0.15) is 0 Å². The molecule has 2 heterocycles. The van der Waals surface area contributed by atoms with E-state index >= 15 is 0 Å². The number of carbonyl (C=O) groups is 1. The number of hydrogen-bond donors (Lipinski definition) is 1. The van der Waals surface area contributed by atoms with Crippen molar-refractivity contribution in [3.05, 3.63) is 45.8 Å². The van der Waals surface area contributed by atoms with Crippen LogP contribution in [-0.2, 0) is 12.8 Å². The van der Waals surface area contributed by atoms with E-state index in [9.17, 15) is 4.79 Å². The number of aryl methyl sites for hydroxylation is 1. The molecule has 0 saturated carbocycles. The number of hydrogen-bond acceptors (Lipinski definition) is 6. The minimum Gasteiger partial charge on any atom is -0.493 e. The first-order valence-corrected chi connectivity index (χ1v) is 8.68. The topological polar surface area (TPSA) is 73.6 Å². The monoisotopic (exact) mass is 356 g/mol. The van der Waals surface area contributed by atoms with Crippen molar-refractivity contribution in [3.8, 4) is 22.8 Å². The maximum atomic E-state index is 12.6. The first-order valence-electron chi connectivity index (χ1n) is 7.80. The molecule has 3 aromatic rings. The first-order chi connectivity index (χ1) is 12.2. The van der Waals surface area contributed by atoms with Gasteiger partial charge >= 0.3 is 0 Å². The molecule has 0 aliphatic heterocycles. The van der Waals surface area contributed by atoms with Crippen LogP contribution in [0.2, 0.25) is 0 Å². The van der Waals surface area contributed by atoms with Crippen molar-refractivity contribution in [3.63, 3.8) is 0 Å². The zero-order chi connectivity index (χ0) is 17.4. The molecule has 128 valence electrons. The Morgan fingerprint density at radius 2 is 2.04 bits per heavy atom. The zero-order valence-electron chi connectivity index (χ0n) is 13.8. The molecule has 7 heteroatoms. The molecule has 0 radical (unpaired) electrons. The van der Waals surface area contributed by atoms with Crippen molar-refractivity contribution < 1.29 is 18.8 Å². The molecule has 0 saturated heterocycles. The molecule has 1 aliphatic rings. The summed E-state index contributed by atoms with van der Waals surface area (Å²) in [6.07, 6.45) is 1.65. The van der Waals surface area contributed by atoms with E-state index in [1.54, 1.807) is 43.8 Å². The Morgan fingerprint density at radius 1 is 1.20 bits per heavy atom. The smallest absolute Gasteiger partial charge is 0.278 e. The lowest BCUT2D eigenvalue weighted by atomic mass is 9.95. The molecule has 6 nitrogen and oxygen atoms in total. The van der Waals surface area contributed by atoms with Crippen LogP contribution < -0.4 is 14.8 Å². The highest BCUT2D eigenvalue weighted by Gasteiger charge is 2.28. The summed E-state index contributed by atoms with van der Waals surface area (Å²) in [5.41, 5.74) is 2.85. The third-order valence-electron chi connectivity index (χ3n) is 4.24. The molecule has 1 aromatic carbocycles. The van der Waals surface area contributed by atoms with Crippen LogP contribution in [0.15, 0.2) is 34.2 Å². The highest BCUT2D eigenvalue weighted by atomic mass is 32.1. The maximum Gasteiger partial charge on any atom is 0.278 e. The van der Waals surface area contributed by atoms with E-state index in [-0.39, 0.29) is 5.91 Å². The molecule has 1 N–H and O–H groups in total. The molecule has 4 rings (SSSR count). The highest BCUT2D eigenvalue weighted by molar-refractivity contribution is 7.10. The maximum absolute atomic E-state index is 12.6. The Labute approximate surface area is 148 Å². The van der Waals surface area contributed by atoms with Crippen molar-refractivity contribution >= 4 is 22.9 Å². The fraction of sp³-hybridized carbons (Fsp3) is 0.222. The second-order valence-electron chi connectivity index (χ2n) is 5.62. The number of fused-ring (bicyclic) bond motifs is 3. The quantitative estimate of drug-likeness (QED) is 0.770. The van der Waals surface area contributed by atoms with Crippen molar-refractivity contribution in [2.45, 2.75) is 12.8 Å². The number of carbonyl (C=O) groups excluding carboxylic acids is 1. The molecule has 1 amide bonds. The molecule has 2 aromatic heterocycles. The van der Waals surface area contributed by atoms with Crippen molar-refractivity contribution in [2.24, 2.45) is 0 Å². The molecular formula is C18H16N2O4S. The van der Waals surface area contributed by atoms with Crippen LogP contribution in [0, 0.1) is 0 Å². The summed E-state index contributed by atoms with van der Waals surface area (Å²) < 4.78 is 15.9. The molecule has 25 heavy (non-hydrogen) atoms. The summed E-state index contributed by atoms with van der Waals surface area (Å²) in [5.74, 6) is 1.56. The second kappa shape index (κ2) is 6.25. The van der Waals surface area contributed by atoms with E-state index < -0.39 is 0 Å². The van der Waals surface area contributed by atoms with Crippen LogP contribution in [-0.4, -0.2) is 25.3 Å². The minimum absolute atomic E-state index is 0.295. The van der Waals surface area contributed by atoms with Crippen LogP contribution in [0.3, 0.4) is 0 Å². The number of aromatic nitrogens is 1. The lowest BCUT2D eigenvalue weighted by molar-refractivity contribution is 0.101. The number of benzene rings is 1. The molecule has 0 fully saturated rings. The van der Waals surface area contributed by atoms with E-state index in [0.717, 1.165) is 24.0 Å². The number of anilines is 1. The number of ether oxygens (including phenoxy) is 2. The normalized spacial score (nSPS) is 12.2. The van der Waals surface area contributed by atoms with Gasteiger partial charge in [0.1, 0.15) is 0 Å². The van der Waals surface area contributed by atoms with Gasteiger partial charge in [-0.05, 0) is 36.4 Å². The molecular weight excluding hydrogens is 340 g/mol. The third-order valence-corrected chi connectivity index (χ3v) is 5.22. The van der Waals surface area contributed by atoms with E-state index in [4.69, 9.17) is 14.0 Å². The summed E-state index contributed by atoms with van der Waals surface area (Å²) in [4.78, 5) is 13.9. The summed E-state index contributed by atoms with van der Waals surface area (Å²) >= 11 is 1.70. The van der Waals surface area contributed by atoms with Gasteiger partial charge in [-0.3, -0.25) is 4.79 Å². The molecule has 0 atom stereocenters. The molecule has 0 unspecified atom stereocenters. The van der Waals surface area contributed by atoms with Gasteiger partial charge in [0.2, 0.25) is 0 Å². The summed E-state index contributed by atoms with van der Waals surface area (Å²) in [6, 6.07) is 7.21. The Hall–Kier alpha value is -2.80. The van der Waals surface area contributed by atoms with Gasteiger partial charge in [-0.1, -0.05) is 5.16 Å². The van der Waals surface area contributed by atoms with Gasteiger partial charge in [-0.25, -0.2) is 0 Å². The third kappa shape index (κ3) is 2.66. The standard InChI is InChI=1S/C18H16N2O4S/c1-22-13-5-3-10(9-14(13)23-2)19-18(21)16-12-4-6-15-11(7-8-25-15)17(12)24-20-16/h3,5,7-9H,4,6H2,1-2H3,(H,19,21). The molecule has 0 spiro atoms. The predicted octanol–water partition coefficient (Wildman–Crippen LogP) is 3.77. The summed E-state index contributed by atoms with van der Waals surface area (Å²) in [6.45, 7) is 0. The van der Waals surface area contributed by atoms with Gasteiger partial charge in [0.05, 0.1) is 14.2 Å². The fourth-order valence-electron chi connectivity index (χ4n) is 3.01. The van der Waals surface area contributed by atoms with E-state index in [1.165, 1.54) is 4.88 Å². The number of rotatable bonds is 4. The van der Waals surface area contributed by atoms with Crippen LogP contribution in [0.5, 0.6) is 11.5 Å². The zero-order valence-corrected chi connectivity index (χ0v) is 14.6. The van der Waals surface area contributed by atoms with E-state index in [2.05, 4.69) is 10.5 Å². The number of thiophene rings is 1. The lowest BCUT2D eigenvalue weighted by Crippen LogP contribution is -2.15. The summed E-state index contributed by atoms with van der Waals surface area (Å²) in [7, 11) is 3.12. The minimum atomic E-state index is -0.295. The largest absolute Gasteiger partial charge is 0.493 e. The average molecular weight is 356 g/mol. The SMILES string of the molecule is COc1ccc(NC(=O)c2noc3c2CCc2sccc2-3)cc1OC. The van der Waals surface area contributed by atoms with E-state index in [1.807, 2.05) is 11.4 Å². The molecule has 1 aliphatic carbocycles. The average Bonchev–Trinajstić information content (AvgIpc) is 3.27. The van der Waals surface area contributed by atoms with Gasteiger partial charge in [0, 0.05) is 27.8 Å². The van der Waals surface area contributed by atoms with Gasteiger partial charge in [-0.15, -0.1) is 11.3 Å². The van der Waals surface area contributed by atoms with Crippen molar-refractivity contribution in [1.82, 2.24) is 5.16 Å². The van der Waals surface area contributed by atoms with Crippen LogP contribution >= 0.6 is 11.3 Å². The number of methoxy groups -OCH3 is 2. The molecule has 0 bridgehead atoms. The highest BCUT2D eigenvalue weighted by Crippen LogP contribution is 2.38. The second-order valence-corrected chi connectivity index (χ2v) is 6.62. The first kappa shape index (κ1) is 15.7. The Balaban J connectivity index is 1.61. The van der Waals surface area contributed by atoms with Crippen molar-refractivity contribution in [1.29, 1.82) is 0 Å². The van der Waals surface area contributed by atoms with Gasteiger partial charge in [0.25, 0.3) is 5.91 Å². The Bertz CT molecular complexity index is 944. The van der Waals surface area contributed by atoms with Crippen molar-refractivity contribution in [2.75, 3.05) is 19.5 Å². The fourth-order valence-corrected chi connectivity index (χ4v) is 3.89. The number of amides is 1. The Kier molecular flexibility index (Phi) is 3.93. The van der Waals surface area contributed by atoms with Crippen LogP contribution in [0.25, 0.3) is 11.3 Å². The van der Waals surface area contributed by atoms with Crippen LogP contribution in [0.4, 0.5) is 5.69 Å². The van der Waals surface area contributed by atoms with Gasteiger partial charge < -0.3 is 19.3 Å². The lowest BCUT2D eigenvalue weighted by Gasteiger charge is -2.12. The van der Waals surface area contributed by atoms with Gasteiger partial charge in [0.15, 0.2) is 23.0 Å². The van der Waals surface area contributed by atoms with E-state index in [0.29, 0.717) is 28.6 Å². The number of nitrogens with one attached hydrogen (secondary N) is 1. The van der Waals surface area contributed by atoms with Crippen LogP contribution in [0.1, 0.15) is 20.9 Å². The summed E-state index contributed by atoms with van der Waals surface area (Å²) in [5, 5.41) is 8.89.